The van der Waals surface area contributed by atoms with Crippen LogP contribution in [-0.4, -0.2) is 0 Å². The van der Waals surface area contributed by atoms with Gasteiger partial charge in [0.05, 0.1) is 21.5 Å². The minimum atomic E-state index is -0.459. The van der Waals surface area contributed by atoms with Gasteiger partial charge in [-0.15, -0.1) is 0 Å². The van der Waals surface area contributed by atoms with Gasteiger partial charge in [-0.1, -0.05) is 6.07 Å². The lowest BCUT2D eigenvalue weighted by atomic mass is 10.2. The summed E-state index contributed by atoms with van der Waals surface area (Å²) >= 11 is 3.03. The van der Waals surface area contributed by atoms with Crippen molar-refractivity contribution >= 4 is 33.0 Å². The van der Waals surface area contributed by atoms with E-state index in [4.69, 9.17) is 5.73 Å². The Kier molecular flexibility index (Phi) is 3.52. The third-order valence-corrected chi connectivity index (χ3v) is 3.09. The van der Waals surface area contributed by atoms with Crippen LogP contribution < -0.4 is 11.1 Å². The predicted octanol–water partition coefficient (Wildman–Crippen LogP) is 4.36. The topological polar surface area (TPSA) is 38.0 Å². The molecule has 0 aliphatic heterocycles. The number of halogens is 3. The van der Waals surface area contributed by atoms with Crippen LogP contribution in [0, 0.1) is 18.6 Å². The summed E-state index contributed by atoms with van der Waals surface area (Å²) in [7, 11) is 0. The van der Waals surface area contributed by atoms with Crippen molar-refractivity contribution in [3.8, 4) is 0 Å². The minimum absolute atomic E-state index is 0.267. The van der Waals surface area contributed by atoms with Crippen molar-refractivity contribution in [2.75, 3.05) is 11.1 Å². The van der Waals surface area contributed by atoms with Gasteiger partial charge in [-0.3, -0.25) is 0 Å². The zero-order valence-electron chi connectivity index (χ0n) is 9.60. The largest absolute Gasteiger partial charge is 0.397 e. The van der Waals surface area contributed by atoms with Gasteiger partial charge in [0, 0.05) is 6.07 Å². The van der Waals surface area contributed by atoms with Crippen molar-refractivity contribution in [1.29, 1.82) is 0 Å². The molecule has 2 aromatic rings. The van der Waals surface area contributed by atoms with E-state index < -0.39 is 11.6 Å². The van der Waals surface area contributed by atoms with E-state index in [2.05, 4.69) is 21.2 Å². The molecular weight excluding hydrogens is 302 g/mol. The second kappa shape index (κ2) is 4.94. The molecule has 0 spiro atoms. The van der Waals surface area contributed by atoms with Crippen molar-refractivity contribution < 1.29 is 8.78 Å². The zero-order valence-corrected chi connectivity index (χ0v) is 11.2. The van der Waals surface area contributed by atoms with Crippen LogP contribution in [0.15, 0.2) is 34.8 Å². The summed E-state index contributed by atoms with van der Waals surface area (Å²) < 4.78 is 27.2. The molecule has 2 rings (SSSR count). The number of hydrogen-bond acceptors (Lipinski definition) is 2. The lowest BCUT2D eigenvalue weighted by Gasteiger charge is -2.11. The Hall–Kier alpha value is -1.62. The maximum atomic E-state index is 13.6. The smallest absolute Gasteiger partial charge is 0.146 e. The molecule has 0 heterocycles. The molecule has 0 amide bonds. The number of anilines is 3. The summed E-state index contributed by atoms with van der Waals surface area (Å²) in [6, 6.07) is 7.30. The number of benzene rings is 2. The van der Waals surface area contributed by atoms with Crippen molar-refractivity contribution in [1.82, 2.24) is 0 Å². The maximum absolute atomic E-state index is 13.6. The van der Waals surface area contributed by atoms with Crippen molar-refractivity contribution in [2.45, 2.75) is 6.92 Å². The van der Waals surface area contributed by atoms with E-state index in [9.17, 15) is 8.78 Å². The average molecular weight is 313 g/mol. The molecule has 0 bridgehead atoms. The first-order valence-corrected chi connectivity index (χ1v) is 6.04. The molecule has 5 heteroatoms. The van der Waals surface area contributed by atoms with E-state index in [1.807, 2.05) is 6.92 Å². The Balaban J connectivity index is 2.40. The Morgan fingerprint density at radius 2 is 1.78 bits per heavy atom. The molecule has 18 heavy (non-hydrogen) atoms. The summed E-state index contributed by atoms with van der Waals surface area (Å²) in [5.74, 6) is -0.872. The van der Waals surface area contributed by atoms with E-state index >= 15 is 0 Å². The summed E-state index contributed by atoms with van der Waals surface area (Å²) in [6.07, 6.45) is 0. The Morgan fingerprint density at radius 3 is 2.50 bits per heavy atom. The molecule has 0 atom stereocenters. The first-order valence-electron chi connectivity index (χ1n) is 5.25. The molecule has 0 aliphatic carbocycles. The SMILES string of the molecule is Cc1ccc(F)c(Nc2cc(F)c(Br)cc2N)c1. The summed E-state index contributed by atoms with van der Waals surface area (Å²) in [5, 5.41) is 2.79. The first-order chi connectivity index (χ1) is 8.47. The normalized spacial score (nSPS) is 10.4. The van der Waals surface area contributed by atoms with Gasteiger partial charge in [-0.25, -0.2) is 8.78 Å². The van der Waals surface area contributed by atoms with Crippen LogP contribution in [0.3, 0.4) is 0 Å². The Morgan fingerprint density at radius 1 is 1.06 bits per heavy atom. The van der Waals surface area contributed by atoms with Crippen LogP contribution in [0.5, 0.6) is 0 Å². The van der Waals surface area contributed by atoms with Crippen LogP contribution >= 0.6 is 15.9 Å². The van der Waals surface area contributed by atoms with E-state index in [-0.39, 0.29) is 10.2 Å². The second-order valence-electron chi connectivity index (χ2n) is 3.96. The molecule has 0 aliphatic rings. The van der Waals surface area contributed by atoms with Crippen molar-refractivity contribution in [2.24, 2.45) is 0 Å². The average Bonchev–Trinajstić information content (AvgIpc) is 2.30. The Labute approximate surface area is 112 Å². The number of nitrogen functional groups attached to an aromatic ring is 1. The van der Waals surface area contributed by atoms with Gasteiger partial charge >= 0.3 is 0 Å². The lowest BCUT2D eigenvalue weighted by Crippen LogP contribution is -1.99. The molecule has 0 saturated heterocycles. The fraction of sp³-hybridized carbons (Fsp3) is 0.0769. The number of nitrogens with one attached hydrogen (secondary N) is 1. The van der Waals surface area contributed by atoms with Gasteiger partial charge in [-0.05, 0) is 46.6 Å². The van der Waals surface area contributed by atoms with Crippen LogP contribution in [0.2, 0.25) is 0 Å². The highest BCUT2D eigenvalue weighted by molar-refractivity contribution is 9.10. The van der Waals surface area contributed by atoms with Gasteiger partial charge in [0.25, 0.3) is 0 Å². The van der Waals surface area contributed by atoms with E-state index in [0.29, 0.717) is 11.4 Å². The van der Waals surface area contributed by atoms with Crippen LogP contribution in [0.25, 0.3) is 0 Å². The molecule has 2 aromatic carbocycles. The molecule has 2 nitrogen and oxygen atoms in total. The molecule has 0 fully saturated rings. The van der Waals surface area contributed by atoms with Gasteiger partial charge < -0.3 is 11.1 Å². The third-order valence-electron chi connectivity index (χ3n) is 2.48. The highest BCUT2D eigenvalue weighted by atomic mass is 79.9. The Bertz CT molecular complexity index is 600. The van der Waals surface area contributed by atoms with E-state index in [0.717, 1.165) is 5.56 Å². The molecule has 94 valence electrons. The minimum Gasteiger partial charge on any atom is -0.397 e. The van der Waals surface area contributed by atoms with Crippen molar-refractivity contribution in [3.05, 3.63) is 52.0 Å². The fourth-order valence-corrected chi connectivity index (χ4v) is 1.91. The van der Waals surface area contributed by atoms with Gasteiger partial charge in [0.1, 0.15) is 11.6 Å². The molecule has 0 aromatic heterocycles. The number of hydrogen-bond donors (Lipinski definition) is 2. The van der Waals surface area contributed by atoms with Gasteiger partial charge in [0.15, 0.2) is 0 Å². The highest BCUT2D eigenvalue weighted by Gasteiger charge is 2.08. The van der Waals surface area contributed by atoms with Gasteiger partial charge in [0.2, 0.25) is 0 Å². The van der Waals surface area contributed by atoms with Crippen molar-refractivity contribution in [3.63, 3.8) is 0 Å². The standard InChI is InChI=1S/C13H11BrF2N2/c1-7-2-3-9(15)12(4-7)18-13-6-10(16)8(14)5-11(13)17/h2-6,18H,17H2,1H3. The first kappa shape index (κ1) is 12.8. The van der Waals surface area contributed by atoms with Crippen LogP contribution in [0.4, 0.5) is 25.8 Å². The van der Waals surface area contributed by atoms with Crippen LogP contribution in [-0.2, 0) is 0 Å². The summed E-state index contributed by atoms with van der Waals surface area (Å²) in [6.45, 7) is 1.84. The summed E-state index contributed by atoms with van der Waals surface area (Å²) in [5.41, 5.74) is 7.58. The molecular formula is C13H11BrF2N2. The number of rotatable bonds is 2. The maximum Gasteiger partial charge on any atom is 0.146 e. The van der Waals surface area contributed by atoms with E-state index in [1.54, 1.807) is 12.1 Å². The number of aryl methyl sites for hydroxylation is 1. The molecule has 0 saturated carbocycles. The summed E-state index contributed by atoms with van der Waals surface area (Å²) in [4.78, 5) is 0. The zero-order chi connectivity index (χ0) is 13.3. The van der Waals surface area contributed by atoms with E-state index in [1.165, 1.54) is 18.2 Å². The number of nitrogens with two attached hydrogens (primary N) is 1. The molecule has 0 radical (unpaired) electrons. The molecule has 0 unspecified atom stereocenters. The highest BCUT2D eigenvalue weighted by Crippen LogP contribution is 2.30. The fourth-order valence-electron chi connectivity index (χ4n) is 1.55. The van der Waals surface area contributed by atoms with Gasteiger partial charge in [-0.2, -0.15) is 0 Å². The second-order valence-corrected chi connectivity index (χ2v) is 4.82. The van der Waals surface area contributed by atoms with Crippen LogP contribution in [0.1, 0.15) is 5.56 Å². The molecule has 3 N–H and O–H groups in total. The predicted molar refractivity (Wildman–Crippen MR) is 72.9 cm³/mol. The lowest BCUT2D eigenvalue weighted by molar-refractivity contribution is 0.621. The third kappa shape index (κ3) is 2.61. The monoisotopic (exact) mass is 312 g/mol. The quantitative estimate of drug-likeness (QED) is 0.808.